The lowest BCUT2D eigenvalue weighted by molar-refractivity contribution is -0.122. The maximum Gasteiger partial charge on any atom is 0.290 e. The van der Waals surface area contributed by atoms with Gasteiger partial charge in [0.2, 0.25) is 0 Å². The molecule has 0 aliphatic heterocycles. The Kier molecular flexibility index (Phi) is 19.6. The molecule has 3 nitrogen and oxygen atoms in total. The van der Waals surface area contributed by atoms with Gasteiger partial charge in [-0.3, -0.25) is 4.79 Å². The number of carbonyl (C=O) groups is 1. The zero-order chi connectivity index (χ0) is 7.54. The van der Waals surface area contributed by atoms with Crippen molar-refractivity contribution < 1.29 is 9.90 Å². The molecule has 0 rings (SSSR count). The van der Waals surface area contributed by atoms with Crippen molar-refractivity contribution >= 4 is 6.47 Å². The Morgan fingerprint density at radius 2 is 2.00 bits per heavy atom. The number of hydrogen-bond donors (Lipinski definition) is 2. The van der Waals surface area contributed by atoms with Gasteiger partial charge in [0.1, 0.15) is 0 Å². The van der Waals surface area contributed by atoms with Crippen molar-refractivity contribution in [3.05, 3.63) is 0 Å². The van der Waals surface area contributed by atoms with E-state index < -0.39 is 0 Å². The molecule has 56 valence electrons. The minimum atomic E-state index is -0.250. The van der Waals surface area contributed by atoms with Crippen LogP contribution in [0.5, 0.6) is 0 Å². The average molecular weight is 133 g/mol. The highest BCUT2D eigenvalue weighted by molar-refractivity contribution is 5.32. The fraction of sp³-hybridized carbons (Fsp3) is 0.833. The second-order valence-corrected chi connectivity index (χ2v) is 1.60. The molecule has 0 aliphatic rings. The van der Waals surface area contributed by atoms with Crippen LogP contribution in [0.1, 0.15) is 26.2 Å². The number of rotatable bonds is 3. The molecule has 0 aromatic carbocycles. The number of unbranched alkanes of at least 4 members (excludes halogenated alkanes) is 2. The molecule has 0 saturated heterocycles. The number of nitrogens with two attached hydrogens (primary N) is 1. The standard InChI is InChI=1S/C5H13N.CH2O2/c1-2-3-4-5-6;2-1-3/h2-6H2,1H3;1H,(H,2,3). The van der Waals surface area contributed by atoms with Gasteiger partial charge in [0, 0.05) is 0 Å². The van der Waals surface area contributed by atoms with Crippen LogP contribution in [-0.4, -0.2) is 18.1 Å². The van der Waals surface area contributed by atoms with E-state index in [1.54, 1.807) is 0 Å². The fourth-order valence-electron chi connectivity index (χ4n) is 0.394. The maximum absolute atomic E-state index is 8.36. The summed E-state index contributed by atoms with van der Waals surface area (Å²) >= 11 is 0. The van der Waals surface area contributed by atoms with E-state index in [2.05, 4.69) is 6.92 Å². The highest BCUT2D eigenvalue weighted by Crippen LogP contribution is 1.88. The van der Waals surface area contributed by atoms with Crippen LogP contribution in [0.15, 0.2) is 0 Å². The molecule has 3 heteroatoms. The van der Waals surface area contributed by atoms with Gasteiger partial charge in [0.05, 0.1) is 0 Å². The molecule has 9 heavy (non-hydrogen) atoms. The van der Waals surface area contributed by atoms with E-state index >= 15 is 0 Å². The monoisotopic (exact) mass is 133 g/mol. The van der Waals surface area contributed by atoms with Crippen molar-refractivity contribution in [2.75, 3.05) is 6.54 Å². The Morgan fingerprint density at radius 3 is 2.11 bits per heavy atom. The molecular formula is C6H15NO2. The van der Waals surface area contributed by atoms with Crippen LogP contribution in [-0.2, 0) is 4.79 Å². The van der Waals surface area contributed by atoms with Gasteiger partial charge in [-0.15, -0.1) is 0 Å². The zero-order valence-corrected chi connectivity index (χ0v) is 5.84. The summed E-state index contributed by atoms with van der Waals surface area (Å²) in [5.74, 6) is 0. The first-order valence-corrected chi connectivity index (χ1v) is 3.11. The number of carboxylic acid groups (broad SMARTS) is 1. The molecule has 0 saturated carbocycles. The summed E-state index contributed by atoms with van der Waals surface area (Å²) in [6.45, 7) is 2.78. The summed E-state index contributed by atoms with van der Waals surface area (Å²) < 4.78 is 0. The smallest absolute Gasteiger partial charge is 0.290 e. The summed E-state index contributed by atoms with van der Waals surface area (Å²) in [5.41, 5.74) is 5.21. The molecule has 0 heterocycles. The summed E-state index contributed by atoms with van der Waals surface area (Å²) in [7, 11) is 0. The topological polar surface area (TPSA) is 63.3 Å². The summed E-state index contributed by atoms with van der Waals surface area (Å²) in [4.78, 5) is 8.36. The van der Waals surface area contributed by atoms with Gasteiger partial charge in [-0.1, -0.05) is 19.8 Å². The first-order chi connectivity index (χ1) is 4.33. The van der Waals surface area contributed by atoms with Gasteiger partial charge >= 0.3 is 0 Å². The van der Waals surface area contributed by atoms with E-state index in [0.29, 0.717) is 0 Å². The minimum Gasteiger partial charge on any atom is -0.483 e. The van der Waals surface area contributed by atoms with Gasteiger partial charge in [-0.2, -0.15) is 0 Å². The van der Waals surface area contributed by atoms with Crippen molar-refractivity contribution in [1.29, 1.82) is 0 Å². The highest BCUT2D eigenvalue weighted by atomic mass is 16.3. The third-order valence-electron chi connectivity index (χ3n) is 0.808. The normalized spacial score (nSPS) is 7.33. The predicted molar refractivity (Wildman–Crippen MR) is 37.3 cm³/mol. The van der Waals surface area contributed by atoms with Crippen LogP contribution >= 0.6 is 0 Å². The van der Waals surface area contributed by atoms with Gasteiger partial charge < -0.3 is 10.8 Å². The average Bonchev–Trinajstić information content (AvgIpc) is 1.86. The van der Waals surface area contributed by atoms with E-state index in [1.807, 2.05) is 0 Å². The fourth-order valence-corrected chi connectivity index (χ4v) is 0.394. The predicted octanol–water partition coefficient (Wildman–Crippen LogP) is 0.836. The molecule has 0 unspecified atom stereocenters. The molecule has 0 amide bonds. The molecule has 0 spiro atoms. The molecule has 0 fully saturated rings. The summed E-state index contributed by atoms with van der Waals surface area (Å²) in [5, 5.41) is 6.89. The SMILES string of the molecule is CCCCCN.O=CO. The van der Waals surface area contributed by atoms with Crippen molar-refractivity contribution in [2.24, 2.45) is 5.73 Å². The van der Waals surface area contributed by atoms with Crippen LogP contribution in [0.25, 0.3) is 0 Å². The molecule has 3 N–H and O–H groups in total. The van der Waals surface area contributed by atoms with Crippen molar-refractivity contribution in [3.8, 4) is 0 Å². The lowest BCUT2D eigenvalue weighted by Crippen LogP contribution is -1.96. The molecule has 0 aromatic rings. The Bertz CT molecular complexity index is 44.3. The van der Waals surface area contributed by atoms with E-state index in [0.717, 1.165) is 6.54 Å². The Morgan fingerprint density at radius 1 is 1.56 bits per heavy atom. The third-order valence-corrected chi connectivity index (χ3v) is 0.808. The summed E-state index contributed by atoms with van der Waals surface area (Å²) in [6.07, 6.45) is 3.75. The Balaban J connectivity index is 0. The lowest BCUT2D eigenvalue weighted by Gasteiger charge is -1.86. The van der Waals surface area contributed by atoms with Gasteiger partial charge in [0.25, 0.3) is 6.47 Å². The van der Waals surface area contributed by atoms with E-state index in [1.165, 1.54) is 19.3 Å². The van der Waals surface area contributed by atoms with E-state index in [-0.39, 0.29) is 6.47 Å². The third kappa shape index (κ3) is 37.1. The zero-order valence-electron chi connectivity index (χ0n) is 5.84. The Hall–Kier alpha value is -0.570. The van der Waals surface area contributed by atoms with Gasteiger partial charge in [-0.25, -0.2) is 0 Å². The molecule has 0 aromatic heterocycles. The van der Waals surface area contributed by atoms with Crippen LogP contribution in [0.4, 0.5) is 0 Å². The number of hydrogen-bond acceptors (Lipinski definition) is 2. The van der Waals surface area contributed by atoms with Gasteiger partial charge in [-0.05, 0) is 13.0 Å². The largest absolute Gasteiger partial charge is 0.483 e. The van der Waals surface area contributed by atoms with E-state index in [4.69, 9.17) is 15.6 Å². The highest BCUT2D eigenvalue weighted by Gasteiger charge is 1.75. The van der Waals surface area contributed by atoms with Crippen molar-refractivity contribution in [2.45, 2.75) is 26.2 Å². The minimum absolute atomic E-state index is 0.250. The van der Waals surface area contributed by atoms with Crippen LogP contribution in [0.2, 0.25) is 0 Å². The van der Waals surface area contributed by atoms with Crippen LogP contribution in [0.3, 0.4) is 0 Å². The van der Waals surface area contributed by atoms with Crippen molar-refractivity contribution in [3.63, 3.8) is 0 Å². The first kappa shape index (κ1) is 11.3. The summed E-state index contributed by atoms with van der Waals surface area (Å²) in [6, 6.07) is 0. The van der Waals surface area contributed by atoms with Crippen LogP contribution < -0.4 is 5.73 Å². The van der Waals surface area contributed by atoms with E-state index in [9.17, 15) is 0 Å². The molecular weight excluding hydrogens is 118 g/mol. The van der Waals surface area contributed by atoms with Crippen LogP contribution in [0, 0.1) is 0 Å². The van der Waals surface area contributed by atoms with Gasteiger partial charge in [0.15, 0.2) is 0 Å². The lowest BCUT2D eigenvalue weighted by atomic mass is 10.3. The molecule has 0 atom stereocenters. The molecule has 0 radical (unpaired) electrons. The first-order valence-electron chi connectivity index (χ1n) is 3.11. The second kappa shape index (κ2) is 15.7. The Labute approximate surface area is 55.9 Å². The second-order valence-electron chi connectivity index (χ2n) is 1.60. The molecule has 0 bridgehead atoms. The molecule has 0 aliphatic carbocycles. The maximum atomic E-state index is 8.36. The van der Waals surface area contributed by atoms with Crippen molar-refractivity contribution in [1.82, 2.24) is 0 Å². The quantitative estimate of drug-likeness (QED) is 0.443.